The minimum absolute atomic E-state index is 0.000907. The number of aromatic hydroxyl groups is 2. The molecule has 2 amide bonds. The van der Waals surface area contributed by atoms with Gasteiger partial charge in [0.05, 0.1) is 17.6 Å². The normalized spacial score (nSPS) is 14.5. The number of hydrogen-bond acceptors (Lipinski definition) is 7. The first-order chi connectivity index (χ1) is 19.5. The van der Waals surface area contributed by atoms with E-state index in [1.165, 1.54) is 6.07 Å². The van der Waals surface area contributed by atoms with E-state index >= 15 is 0 Å². The number of likely N-dealkylation sites (tertiary alicyclic amines) is 1. The summed E-state index contributed by atoms with van der Waals surface area (Å²) in [6, 6.07) is 10.8. The molecule has 0 spiro atoms. The van der Waals surface area contributed by atoms with Crippen molar-refractivity contribution in [3.63, 3.8) is 0 Å². The highest BCUT2D eigenvalue weighted by Gasteiger charge is 2.33. The highest BCUT2D eigenvalue weighted by atomic mass is 16.3. The van der Waals surface area contributed by atoms with Crippen LogP contribution < -0.4 is 5.32 Å². The molecular weight excluding hydrogens is 522 g/mol. The fraction of sp³-hybridized carbons (Fsp3) is 0.484. The lowest BCUT2D eigenvalue weighted by atomic mass is 9.87. The largest absolute Gasteiger partial charge is 0.508 e. The highest BCUT2D eigenvalue weighted by Crippen LogP contribution is 2.38. The van der Waals surface area contributed by atoms with E-state index in [4.69, 9.17) is 0 Å². The number of aromatic nitrogens is 3. The number of amides is 2. The molecule has 1 saturated heterocycles. The Labute approximate surface area is 241 Å². The number of carbonyl (C=O) groups excluding carboxylic acids is 2. The molecule has 2 heterocycles. The Kier molecular flexibility index (Phi) is 9.01. The molecule has 0 bridgehead atoms. The number of aliphatic hydroxyl groups is 1. The number of benzene rings is 2. The number of hydrogen-bond donors (Lipinski definition) is 4. The summed E-state index contributed by atoms with van der Waals surface area (Å²) < 4.78 is 1.62. The number of piperidine rings is 1. The van der Waals surface area contributed by atoms with Gasteiger partial charge >= 0.3 is 0 Å². The van der Waals surface area contributed by atoms with Crippen molar-refractivity contribution >= 4 is 11.8 Å². The van der Waals surface area contributed by atoms with Gasteiger partial charge in [0, 0.05) is 31.4 Å². The third-order valence-electron chi connectivity index (χ3n) is 7.81. The van der Waals surface area contributed by atoms with E-state index in [0.717, 1.165) is 24.8 Å². The first kappa shape index (κ1) is 30.0. The molecule has 0 radical (unpaired) electrons. The zero-order valence-electron chi connectivity index (χ0n) is 24.5. The van der Waals surface area contributed by atoms with Crippen molar-refractivity contribution in [3.05, 3.63) is 53.3 Å². The molecule has 0 atom stereocenters. The molecule has 1 fully saturated rings. The van der Waals surface area contributed by atoms with Crippen LogP contribution in [0.3, 0.4) is 0 Å². The van der Waals surface area contributed by atoms with E-state index in [-0.39, 0.29) is 41.7 Å². The molecular formula is C31H41N5O5. The van der Waals surface area contributed by atoms with Crippen LogP contribution in [0, 0.1) is 11.3 Å². The number of rotatable bonds is 9. The van der Waals surface area contributed by atoms with Crippen molar-refractivity contribution in [2.24, 2.45) is 11.3 Å². The van der Waals surface area contributed by atoms with Gasteiger partial charge in [0.1, 0.15) is 11.5 Å². The van der Waals surface area contributed by atoms with Gasteiger partial charge in [0.15, 0.2) is 5.82 Å². The zero-order chi connectivity index (χ0) is 29.9. The number of aliphatic hydroxyl groups excluding tert-OH is 1. The summed E-state index contributed by atoms with van der Waals surface area (Å²) in [5, 5.41) is 41.8. The number of nitrogens with zero attached hydrogens (tertiary/aromatic N) is 4. The quantitative estimate of drug-likeness (QED) is 0.308. The highest BCUT2D eigenvalue weighted by molar-refractivity contribution is 5.92. The first-order valence-electron chi connectivity index (χ1n) is 14.3. The lowest BCUT2D eigenvalue weighted by molar-refractivity contribution is -0.143. The summed E-state index contributed by atoms with van der Waals surface area (Å²) in [6.45, 7) is 10.9. The van der Waals surface area contributed by atoms with Gasteiger partial charge in [-0.3, -0.25) is 14.2 Å². The van der Waals surface area contributed by atoms with E-state index in [0.29, 0.717) is 48.2 Å². The van der Waals surface area contributed by atoms with Crippen molar-refractivity contribution in [2.75, 3.05) is 26.2 Å². The van der Waals surface area contributed by atoms with Gasteiger partial charge in [-0.25, -0.2) is 0 Å². The van der Waals surface area contributed by atoms with Crippen LogP contribution >= 0.6 is 0 Å². The average molecular weight is 564 g/mol. The molecule has 4 rings (SSSR count). The molecule has 10 nitrogen and oxygen atoms in total. The Balaban J connectivity index is 1.59. The van der Waals surface area contributed by atoms with Crippen LogP contribution in [0.1, 0.15) is 75.1 Å². The molecule has 1 aliphatic heterocycles. The second-order valence-electron chi connectivity index (χ2n) is 11.8. The predicted molar refractivity (Wildman–Crippen MR) is 156 cm³/mol. The molecule has 0 saturated carbocycles. The van der Waals surface area contributed by atoms with E-state index < -0.39 is 5.41 Å². The summed E-state index contributed by atoms with van der Waals surface area (Å²) in [6.07, 6.45) is 2.65. The summed E-state index contributed by atoms with van der Waals surface area (Å²) >= 11 is 0. The van der Waals surface area contributed by atoms with Gasteiger partial charge in [0.25, 0.3) is 5.91 Å². The predicted octanol–water partition coefficient (Wildman–Crippen LogP) is 4.02. The molecule has 2 aromatic carbocycles. The third kappa shape index (κ3) is 6.37. The van der Waals surface area contributed by atoms with Crippen LogP contribution in [-0.4, -0.2) is 73.0 Å². The van der Waals surface area contributed by atoms with Crippen molar-refractivity contribution in [2.45, 2.75) is 59.8 Å². The summed E-state index contributed by atoms with van der Waals surface area (Å²) in [5.41, 5.74) is 2.06. The van der Waals surface area contributed by atoms with Crippen molar-refractivity contribution in [1.82, 2.24) is 25.0 Å². The maximum atomic E-state index is 12.9. The zero-order valence-corrected chi connectivity index (χ0v) is 24.5. The molecule has 41 heavy (non-hydrogen) atoms. The molecule has 10 heteroatoms. The van der Waals surface area contributed by atoms with Crippen LogP contribution in [0.4, 0.5) is 0 Å². The third-order valence-corrected chi connectivity index (χ3v) is 7.81. The monoisotopic (exact) mass is 563 g/mol. The number of carbonyl (C=O) groups is 2. The first-order valence-corrected chi connectivity index (χ1v) is 14.3. The minimum atomic E-state index is -0.760. The van der Waals surface area contributed by atoms with E-state index in [1.54, 1.807) is 24.5 Å². The maximum absolute atomic E-state index is 12.9. The topological polar surface area (TPSA) is 141 Å². The maximum Gasteiger partial charge on any atom is 0.289 e. The van der Waals surface area contributed by atoms with Crippen molar-refractivity contribution in [3.8, 4) is 28.6 Å². The van der Waals surface area contributed by atoms with Crippen LogP contribution in [0.5, 0.6) is 11.5 Å². The van der Waals surface area contributed by atoms with Gasteiger partial charge in [-0.15, -0.1) is 10.2 Å². The van der Waals surface area contributed by atoms with Crippen molar-refractivity contribution in [1.29, 1.82) is 0 Å². The smallest absolute Gasteiger partial charge is 0.289 e. The van der Waals surface area contributed by atoms with Crippen molar-refractivity contribution < 1.29 is 24.9 Å². The molecule has 1 aliphatic rings. The Bertz CT molecular complexity index is 1390. The molecule has 3 aromatic rings. The van der Waals surface area contributed by atoms with Crippen LogP contribution in [0.2, 0.25) is 0 Å². The number of phenolic OH excluding ortho intramolecular Hbond substituents is 2. The SMILES string of the molecule is CCNC(=O)c1nnc(-c2cc(C(C)C)c(O)cc2O)n1-c1ccc(CC2CCN(C(=O)C(C)(C)CO)CC2)cc1. The van der Waals surface area contributed by atoms with Gasteiger partial charge in [-0.2, -0.15) is 0 Å². The second-order valence-corrected chi connectivity index (χ2v) is 11.8. The van der Waals surface area contributed by atoms with Gasteiger partial charge in [-0.05, 0) is 81.2 Å². The molecule has 220 valence electrons. The standard InChI is InChI=1S/C31H41N5O5/c1-6-32-29(40)28-34-33-27(24-16-23(19(2)3)25(38)17-26(24)39)36(28)22-9-7-20(8-10-22)15-21-11-13-35(14-12-21)30(41)31(4,5)18-37/h7-10,16-17,19,21,37-39H,6,11-15,18H2,1-5H3,(H,32,40). The Morgan fingerprint density at radius 2 is 1.71 bits per heavy atom. The molecule has 0 unspecified atom stereocenters. The van der Waals surface area contributed by atoms with Gasteiger partial charge < -0.3 is 25.5 Å². The lowest BCUT2D eigenvalue weighted by Gasteiger charge is -2.36. The Morgan fingerprint density at radius 3 is 2.29 bits per heavy atom. The average Bonchev–Trinajstić information content (AvgIpc) is 3.38. The Morgan fingerprint density at radius 1 is 1.05 bits per heavy atom. The van der Waals surface area contributed by atoms with Crippen LogP contribution in [-0.2, 0) is 11.2 Å². The summed E-state index contributed by atoms with van der Waals surface area (Å²) in [4.78, 5) is 27.5. The second kappa shape index (κ2) is 12.3. The van der Waals surface area contributed by atoms with Crippen LogP contribution in [0.25, 0.3) is 17.1 Å². The van der Waals surface area contributed by atoms with Crippen LogP contribution in [0.15, 0.2) is 36.4 Å². The fourth-order valence-electron chi connectivity index (χ4n) is 5.28. The summed E-state index contributed by atoms with van der Waals surface area (Å²) in [7, 11) is 0. The fourth-order valence-corrected chi connectivity index (χ4v) is 5.28. The number of nitrogens with one attached hydrogen (secondary N) is 1. The lowest BCUT2D eigenvalue weighted by Crippen LogP contribution is -2.46. The summed E-state index contributed by atoms with van der Waals surface area (Å²) in [5.74, 6) is 0.261. The Hall–Kier alpha value is -3.92. The molecule has 0 aliphatic carbocycles. The molecule has 4 N–H and O–H groups in total. The van der Waals surface area contributed by atoms with Gasteiger partial charge in [-0.1, -0.05) is 26.0 Å². The molecule has 1 aromatic heterocycles. The van der Waals surface area contributed by atoms with E-state index in [9.17, 15) is 24.9 Å². The minimum Gasteiger partial charge on any atom is -0.508 e. The van der Waals surface area contributed by atoms with E-state index in [2.05, 4.69) is 15.5 Å². The van der Waals surface area contributed by atoms with E-state index in [1.807, 2.05) is 49.9 Å². The number of phenols is 2. The van der Waals surface area contributed by atoms with Gasteiger partial charge in [0.2, 0.25) is 11.7 Å².